The summed E-state index contributed by atoms with van der Waals surface area (Å²) in [4.78, 5) is 20.5. The van der Waals surface area contributed by atoms with Crippen LogP contribution in [-0.4, -0.2) is 21.5 Å². The molecular formula is C15H16N2OS. The number of rotatable bonds is 4. The standard InChI is InChI=1S/C15H16N2OS/c1-10-4-5-13(12(3)6-10)14(18)9-19-15-16-7-11(2)8-17-15/h4-8H,9H2,1-3H3. The fraction of sp³-hybridized carbons (Fsp3) is 0.267. The lowest BCUT2D eigenvalue weighted by molar-refractivity contribution is 0.102. The van der Waals surface area contributed by atoms with E-state index in [1.807, 2.05) is 39.0 Å². The third kappa shape index (κ3) is 3.64. The molecule has 0 atom stereocenters. The molecule has 4 heteroatoms. The van der Waals surface area contributed by atoms with E-state index in [2.05, 4.69) is 9.97 Å². The molecule has 0 saturated heterocycles. The lowest BCUT2D eigenvalue weighted by Gasteiger charge is -2.05. The van der Waals surface area contributed by atoms with E-state index in [4.69, 9.17) is 0 Å². The van der Waals surface area contributed by atoms with Crippen LogP contribution in [0.2, 0.25) is 0 Å². The van der Waals surface area contributed by atoms with Crippen molar-refractivity contribution in [2.75, 3.05) is 5.75 Å². The molecule has 0 spiro atoms. The van der Waals surface area contributed by atoms with Gasteiger partial charge < -0.3 is 0 Å². The van der Waals surface area contributed by atoms with Gasteiger partial charge in [0.25, 0.3) is 0 Å². The molecule has 0 fully saturated rings. The van der Waals surface area contributed by atoms with Crippen molar-refractivity contribution < 1.29 is 4.79 Å². The summed E-state index contributed by atoms with van der Waals surface area (Å²) in [6, 6.07) is 5.89. The lowest BCUT2D eigenvalue weighted by Crippen LogP contribution is -2.05. The fourth-order valence-electron chi connectivity index (χ4n) is 1.79. The maximum Gasteiger partial charge on any atom is 0.187 e. The quantitative estimate of drug-likeness (QED) is 0.486. The highest BCUT2D eigenvalue weighted by atomic mass is 32.2. The van der Waals surface area contributed by atoms with E-state index in [-0.39, 0.29) is 5.78 Å². The zero-order chi connectivity index (χ0) is 13.8. The van der Waals surface area contributed by atoms with E-state index in [1.165, 1.54) is 17.3 Å². The molecule has 0 radical (unpaired) electrons. The van der Waals surface area contributed by atoms with Crippen LogP contribution in [0, 0.1) is 20.8 Å². The van der Waals surface area contributed by atoms with Gasteiger partial charge in [-0.3, -0.25) is 4.79 Å². The maximum absolute atomic E-state index is 12.1. The van der Waals surface area contributed by atoms with Crippen molar-refractivity contribution in [1.82, 2.24) is 9.97 Å². The van der Waals surface area contributed by atoms with Gasteiger partial charge in [0.05, 0.1) is 5.75 Å². The van der Waals surface area contributed by atoms with Crippen molar-refractivity contribution in [3.8, 4) is 0 Å². The fourth-order valence-corrected chi connectivity index (χ4v) is 2.46. The van der Waals surface area contributed by atoms with Gasteiger partial charge in [-0.15, -0.1) is 0 Å². The first-order valence-corrected chi connectivity index (χ1v) is 7.07. The minimum atomic E-state index is 0.117. The van der Waals surface area contributed by atoms with Crippen LogP contribution in [0.3, 0.4) is 0 Å². The zero-order valence-electron chi connectivity index (χ0n) is 11.3. The molecule has 0 N–H and O–H groups in total. The summed E-state index contributed by atoms with van der Waals surface area (Å²) < 4.78 is 0. The molecule has 3 nitrogen and oxygen atoms in total. The number of ketones is 1. The minimum absolute atomic E-state index is 0.117. The summed E-state index contributed by atoms with van der Waals surface area (Å²) in [6.07, 6.45) is 3.52. The molecule has 1 aromatic heterocycles. The first-order chi connectivity index (χ1) is 9.06. The van der Waals surface area contributed by atoms with Gasteiger partial charge in [-0.1, -0.05) is 35.5 Å². The smallest absolute Gasteiger partial charge is 0.187 e. The Morgan fingerprint density at radius 2 is 1.79 bits per heavy atom. The third-order valence-corrected chi connectivity index (χ3v) is 3.65. The van der Waals surface area contributed by atoms with Crippen LogP contribution in [0.25, 0.3) is 0 Å². The van der Waals surface area contributed by atoms with E-state index in [9.17, 15) is 4.79 Å². The Balaban J connectivity index is 2.03. The van der Waals surface area contributed by atoms with Crippen molar-refractivity contribution in [3.05, 3.63) is 52.8 Å². The number of benzene rings is 1. The Morgan fingerprint density at radius 1 is 1.11 bits per heavy atom. The average molecular weight is 272 g/mol. The largest absolute Gasteiger partial charge is 0.293 e. The predicted molar refractivity (Wildman–Crippen MR) is 77.7 cm³/mol. The molecule has 98 valence electrons. The summed E-state index contributed by atoms with van der Waals surface area (Å²) in [7, 11) is 0. The molecule has 2 rings (SSSR count). The Kier molecular flexibility index (Phi) is 4.32. The molecule has 2 aromatic rings. The summed E-state index contributed by atoms with van der Waals surface area (Å²) in [5.41, 5.74) is 3.99. The molecule has 1 aromatic carbocycles. The first-order valence-electron chi connectivity index (χ1n) is 6.08. The number of aryl methyl sites for hydroxylation is 3. The number of thioether (sulfide) groups is 1. The summed E-state index contributed by atoms with van der Waals surface area (Å²) >= 11 is 1.37. The Labute approximate surface area is 117 Å². The Bertz CT molecular complexity index is 594. The molecule has 0 saturated carbocycles. The highest BCUT2D eigenvalue weighted by Gasteiger charge is 2.10. The van der Waals surface area contributed by atoms with Gasteiger partial charge >= 0.3 is 0 Å². The molecule has 0 bridgehead atoms. The SMILES string of the molecule is Cc1cnc(SCC(=O)c2ccc(C)cc2C)nc1. The van der Waals surface area contributed by atoms with Crippen LogP contribution in [0.15, 0.2) is 35.7 Å². The van der Waals surface area contributed by atoms with E-state index < -0.39 is 0 Å². The number of nitrogens with zero attached hydrogens (tertiary/aromatic N) is 2. The molecule has 0 aliphatic carbocycles. The van der Waals surface area contributed by atoms with E-state index in [0.717, 1.165) is 16.7 Å². The number of carbonyl (C=O) groups excluding carboxylic acids is 1. The predicted octanol–water partition coefficient (Wildman–Crippen LogP) is 3.38. The van der Waals surface area contributed by atoms with Crippen molar-refractivity contribution in [3.63, 3.8) is 0 Å². The highest BCUT2D eigenvalue weighted by Crippen LogP contribution is 2.17. The molecule has 0 amide bonds. The summed E-state index contributed by atoms with van der Waals surface area (Å²) in [5, 5.41) is 0.642. The van der Waals surface area contributed by atoms with E-state index >= 15 is 0 Å². The van der Waals surface area contributed by atoms with Crippen LogP contribution < -0.4 is 0 Å². The minimum Gasteiger partial charge on any atom is -0.293 e. The summed E-state index contributed by atoms with van der Waals surface area (Å²) in [5.74, 6) is 0.485. The van der Waals surface area contributed by atoms with Crippen LogP contribution >= 0.6 is 11.8 Å². The van der Waals surface area contributed by atoms with Gasteiger partial charge in [0, 0.05) is 18.0 Å². The van der Waals surface area contributed by atoms with Crippen LogP contribution in [-0.2, 0) is 0 Å². The first kappa shape index (κ1) is 13.7. The molecule has 0 aliphatic rings. The molecule has 0 aliphatic heterocycles. The Morgan fingerprint density at radius 3 is 2.42 bits per heavy atom. The Hall–Kier alpha value is -1.68. The number of carbonyl (C=O) groups is 1. The van der Waals surface area contributed by atoms with Crippen LogP contribution in [0.4, 0.5) is 0 Å². The van der Waals surface area contributed by atoms with Gasteiger partial charge in [0.15, 0.2) is 10.9 Å². The van der Waals surface area contributed by atoms with Gasteiger partial charge in [-0.05, 0) is 31.9 Å². The van der Waals surface area contributed by atoms with Crippen molar-refractivity contribution >= 4 is 17.5 Å². The van der Waals surface area contributed by atoms with E-state index in [1.54, 1.807) is 12.4 Å². The van der Waals surface area contributed by atoms with Crippen LogP contribution in [0.5, 0.6) is 0 Å². The number of hydrogen-bond acceptors (Lipinski definition) is 4. The highest BCUT2D eigenvalue weighted by molar-refractivity contribution is 7.99. The van der Waals surface area contributed by atoms with Gasteiger partial charge in [0.1, 0.15) is 0 Å². The van der Waals surface area contributed by atoms with Gasteiger partial charge in [-0.25, -0.2) is 9.97 Å². The van der Waals surface area contributed by atoms with Crippen LogP contribution in [0.1, 0.15) is 27.0 Å². The zero-order valence-corrected chi connectivity index (χ0v) is 12.1. The topological polar surface area (TPSA) is 42.9 Å². The second-order valence-corrected chi connectivity index (χ2v) is 5.52. The summed E-state index contributed by atoms with van der Waals surface area (Å²) in [6.45, 7) is 5.93. The van der Waals surface area contributed by atoms with Crippen molar-refractivity contribution in [1.29, 1.82) is 0 Å². The number of aromatic nitrogens is 2. The van der Waals surface area contributed by atoms with Gasteiger partial charge in [0.2, 0.25) is 0 Å². The average Bonchev–Trinajstić information content (AvgIpc) is 2.37. The third-order valence-electron chi connectivity index (χ3n) is 2.77. The second-order valence-electron chi connectivity index (χ2n) is 4.57. The number of Topliss-reactive ketones (excluding diaryl/α,β-unsaturated/α-hetero) is 1. The number of hydrogen-bond donors (Lipinski definition) is 0. The van der Waals surface area contributed by atoms with Crippen molar-refractivity contribution in [2.24, 2.45) is 0 Å². The lowest BCUT2D eigenvalue weighted by atomic mass is 10.0. The van der Waals surface area contributed by atoms with Gasteiger partial charge in [-0.2, -0.15) is 0 Å². The van der Waals surface area contributed by atoms with E-state index in [0.29, 0.717) is 10.9 Å². The van der Waals surface area contributed by atoms with Crippen molar-refractivity contribution in [2.45, 2.75) is 25.9 Å². The second kappa shape index (κ2) is 5.97. The molecular weight excluding hydrogens is 256 g/mol. The maximum atomic E-state index is 12.1. The normalized spacial score (nSPS) is 10.5. The monoisotopic (exact) mass is 272 g/mol. The molecule has 1 heterocycles. The molecule has 0 unspecified atom stereocenters. The molecule has 19 heavy (non-hydrogen) atoms.